The van der Waals surface area contributed by atoms with E-state index in [0.29, 0.717) is 0 Å². The number of piperazine rings is 1. The smallest absolute Gasteiger partial charge is 0.254 e. The molecule has 2 aromatic carbocycles. The molecular weight excluding hydrogens is 358 g/mol. The molecule has 2 heterocycles. The van der Waals surface area contributed by atoms with Gasteiger partial charge in [0.25, 0.3) is 5.91 Å². The molecule has 148 valence electrons. The van der Waals surface area contributed by atoms with Gasteiger partial charge in [-0.15, -0.1) is 0 Å². The zero-order valence-electron chi connectivity index (χ0n) is 16.8. The monoisotopic (exact) mass is 385 g/mol. The Morgan fingerprint density at radius 3 is 2.41 bits per heavy atom. The molecule has 0 radical (unpaired) electrons. The van der Waals surface area contributed by atoms with Gasteiger partial charge in [0.2, 0.25) is 0 Å². The van der Waals surface area contributed by atoms with E-state index in [1.807, 2.05) is 18.2 Å². The molecule has 1 aliphatic heterocycles. The van der Waals surface area contributed by atoms with Gasteiger partial charge in [-0.05, 0) is 42.9 Å². The Balaban J connectivity index is 1.38. The molecule has 1 aliphatic carbocycles. The zero-order chi connectivity index (χ0) is 19.6. The lowest BCUT2D eigenvalue weighted by Gasteiger charge is -2.35. The largest absolute Gasteiger partial charge is 0.336 e. The normalized spacial score (nSPS) is 17.3. The van der Waals surface area contributed by atoms with Crippen LogP contribution in [0.25, 0.3) is 10.9 Å². The average Bonchev–Trinajstić information content (AvgIpc) is 2.78. The summed E-state index contributed by atoms with van der Waals surface area (Å²) in [7, 11) is 0. The van der Waals surface area contributed by atoms with Crippen LogP contribution in [0.3, 0.4) is 0 Å². The maximum Gasteiger partial charge on any atom is 0.254 e. The van der Waals surface area contributed by atoms with Gasteiger partial charge < -0.3 is 4.90 Å². The zero-order valence-corrected chi connectivity index (χ0v) is 16.8. The van der Waals surface area contributed by atoms with Gasteiger partial charge in [0.1, 0.15) is 0 Å². The first-order valence-corrected chi connectivity index (χ1v) is 10.8. The van der Waals surface area contributed by atoms with Crippen molar-refractivity contribution in [2.75, 3.05) is 26.2 Å². The fraction of sp³-hybridized carbons (Fsp3) is 0.360. The number of amides is 1. The summed E-state index contributed by atoms with van der Waals surface area (Å²) < 4.78 is 0. The molecule has 1 amide bonds. The van der Waals surface area contributed by atoms with E-state index in [1.54, 1.807) is 0 Å². The number of carbonyl (C=O) groups is 1. The maximum absolute atomic E-state index is 13.6. The highest BCUT2D eigenvalue weighted by atomic mass is 16.2. The topological polar surface area (TPSA) is 36.4 Å². The molecule has 0 saturated carbocycles. The molecular formula is C25H27N3O. The molecule has 1 fully saturated rings. The summed E-state index contributed by atoms with van der Waals surface area (Å²) in [5.74, 6) is 0.195. The number of hydrogen-bond acceptors (Lipinski definition) is 3. The minimum Gasteiger partial charge on any atom is -0.336 e. The maximum atomic E-state index is 13.6. The predicted molar refractivity (Wildman–Crippen MR) is 116 cm³/mol. The molecule has 4 heteroatoms. The van der Waals surface area contributed by atoms with Crippen LogP contribution in [-0.4, -0.2) is 46.9 Å². The van der Waals surface area contributed by atoms with E-state index in [0.717, 1.165) is 74.1 Å². The summed E-state index contributed by atoms with van der Waals surface area (Å²) >= 11 is 0. The van der Waals surface area contributed by atoms with Crippen LogP contribution in [0.1, 0.15) is 40.0 Å². The van der Waals surface area contributed by atoms with Gasteiger partial charge in [-0.3, -0.25) is 14.7 Å². The molecule has 4 nitrogen and oxygen atoms in total. The molecule has 5 rings (SSSR count). The van der Waals surface area contributed by atoms with Gasteiger partial charge >= 0.3 is 0 Å². The highest BCUT2D eigenvalue weighted by Gasteiger charge is 2.28. The number of fused-ring (bicyclic) bond motifs is 2. The SMILES string of the molecule is O=C(c1c2c(nc3ccccc13)CCCC2)N1CCN(Cc2ccccc2)CC1. The van der Waals surface area contributed by atoms with E-state index in [-0.39, 0.29) is 5.91 Å². The number of aromatic nitrogens is 1. The second kappa shape index (κ2) is 7.96. The molecule has 1 aromatic heterocycles. The first-order valence-electron chi connectivity index (χ1n) is 10.8. The third-order valence-corrected chi connectivity index (χ3v) is 6.29. The molecule has 0 N–H and O–H groups in total. The quantitative estimate of drug-likeness (QED) is 0.682. The van der Waals surface area contributed by atoms with Gasteiger partial charge in [0.15, 0.2) is 0 Å². The molecule has 0 bridgehead atoms. The Morgan fingerprint density at radius 1 is 0.862 bits per heavy atom. The first kappa shape index (κ1) is 18.3. The molecule has 1 saturated heterocycles. The van der Waals surface area contributed by atoms with E-state index in [2.05, 4.69) is 46.2 Å². The average molecular weight is 386 g/mol. The van der Waals surface area contributed by atoms with E-state index in [1.165, 1.54) is 17.5 Å². The third kappa shape index (κ3) is 3.65. The fourth-order valence-corrected chi connectivity index (χ4v) is 4.73. The number of rotatable bonds is 3. The number of carbonyl (C=O) groups excluding carboxylic acids is 1. The molecule has 0 atom stereocenters. The Bertz CT molecular complexity index is 1020. The Morgan fingerprint density at radius 2 is 1.59 bits per heavy atom. The minimum atomic E-state index is 0.195. The van der Waals surface area contributed by atoms with Crippen LogP contribution >= 0.6 is 0 Å². The second-order valence-electron chi connectivity index (χ2n) is 8.19. The van der Waals surface area contributed by atoms with Crippen molar-refractivity contribution in [3.05, 3.63) is 77.0 Å². The summed E-state index contributed by atoms with van der Waals surface area (Å²) in [6.45, 7) is 4.38. The van der Waals surface area contributed by atoms with E-state index >= 15 is 0 Å². The number of pyridine rings is 1. The lowest BCUT2D eigenvalue weighted by Crippen LogP contribution is -2.48. The fourth-order valence-electron chi connectivity index (χ4n) is 4.73. The van der Waals surface area contributed by atoms with Crippen molar-refractivity contribution in [1.29, 1.82) is 0 Å². The number of aryl methyl sites for hydroxylation is 1. The summed E-state index contributed by atoms with van der Waals surface area (Å²) in [5, 5.41) is 1.02. The van der Waals surface area contributed by atoms with E-state index < -0.39 is 0 Å². The predicted octanol–water partition coefficient (Wildman–Crippen LogP) is 4.07. The third-order valence-electron chi connectivity index (χ3n) is 6.29. The van der Waals surface area contributed by atoms with Crippen LogP contribution in [0, 0.1) is 0 Å². The van der Waals surface area contributed by atoms with Gasteiger partial charge in [-0.25, -0.2) is 0 Å². The van der Waals surface area contributed by atoms with Crippen molar-refractivity contribution in [3.63, 3.8) is 0 Å². The van der Waals surface area contributed by atoms with Crippen LogP contribution < -0.4 is 0 Å². The van der Waals surface area contributed by atoms with Gasteiger partial charge in [-0.2, -0.15) is 0 Å². The van der Waals surface area contributed by atoms with Crippen molar-refractivity contribution >= 4 is 16.8 Å². The van der Waals surface area contributed by atoms with Crippen LogP contribution in [0.5, 0.6) is 0 Å². The van der Waals surface area contributed by atoms with Crippen molar-refractivity contribution in [2.24, 2.45) is 0 Å². The minimum absolute atomic E-state index is 0.195. The van der Waals surface area contributed by atoms with Crippen molar-refractivity contribution < 1.29 is 4.79 Å². The van der Waals surface area contributed by atoms with E-state index in [9.17, 15) is 4.79 Å². The number of hydrogen-bond donors (Lipinski definition) is 0. The molecule has 3 aromatic rings. The Labute approximate surface area is 172 Å². The second-order valence-corrected chi connectivity index (χ2v) is 8.19. The molecule has 0 unspecified atom stereocenters. The Kier molecular flexibility index (Phi) is 5.03. The van der Waals surface area contributed by atoms with Crippen molar-refractivity contribution in [1.82, 2.24) is 14.8 Å². The lowest BCUT2D eigenvalue weighted by atomic mass is 9.89. The summed E-state index contributed by atoms with van der Waals surface area (Å²) in [6, 6.07) is 18.7. The summed E-state index contributed by atoms with van der Waals surface area (Å²) in [4.78, 5) is 23.0. The van der Waals surface area contributed by atoms with Gasteiger partial charge in [-0.1, -0.05) is 48.5 Å². The van der Waals surface area contributed by atoms with Crippen LogP contribution in [-0.2, 0) is 19.4 Å². The number of nitrogens with zero attached hydrogens (tertiary/aromatic N) is 3. The number of para-hydroxylation sites is 1. The van der Waals surface area contributed by atoms with Gasteiger partial charge in [0, 0.05) is 43.8 Å². The summed E-state index contributed by atoms with van der Waals surface area (Å²) in [6.07, 6.45) is 4.29. The lowest BCUT2D eigenvalue weighted by molar-refractivity contribution is 0.0629. The van der Waals surface area contributed by atoms with Crippen molar-refractivity contribution in [3.8, 4) is 0 Å². The Hall–Kier alpha value is -2.72. The molecule has 2 aliphatic rings. The van der Waals surface area contributed by atoms with Crippen molar-refractivity contribution in [2.45, 2.75) is 32.2 Å². The van der Waals surface area contributed by atoms with Crippen LogP contribution in [0.15, 0.2) is 54.6 Å². The standard InChI is InChI=1S/C25H27N3O/c29-25(28-16-14-27(15-17-28)18-19-8-2-1-3-9-19)24-20-10-4-6-12-22(20)26-23-13-7-5-11-21(23)24/h1-4,6,8-10,12H,5,7,11,13-18H2. The molecule has 0 spiro atoms. The van der Waals surface area contributed by atoms with Gasteiger partial charge in [0.05, 0.1) is 11.1 Å². The molecule has 29 heavy (non-hydrogen) atoms. The number of benzene rings is 2. The highest BCUT2D eigenvalue weighted by Crippen LogP contribution is 2.30. The van der Waals surface area contributed by atoms with Crippen LogP contribution in [0.4, 0.5) is 0 Å². The van der Waals surface area contributed by atoms with E-state index in [4.69, 9.17) is 4.98 Å². The van der Waals surface area contributed by atoms with Crippen LogP contribution in [0.2, 0.25) is 0 Å². The summed E-state index contributed by atoms with van der Waals surface area (Å²) in [5.41, 5.74) is 5.55. The first-order chi connectivity index (χ1) is 14.3. The highest BCUT2D eigenvalue weighted by molar-refractivity contribution is 6.07.